The van der Waals surface area contributed by atoms with Crippen molar-refractivity contribution in [2.24, 2.45) is 0 Å². The largest absolute Gasteiger partial charge is 0.497 e. The number of nitro benzene ring substituents is 1. The van der Waals surface area contributed by atoms with Crippen molar-refractivity contribution in [1.82, 2.24) is 20.1 Å². The minimum absolute atomic E-state index is 0.0355. The van der Waals surface area contributed by atoms with E-state index in [4.69, 9.17) is 4.74 Å². The molecule has 3 rings (SSSR count). The zero-order valence-corrected chi connectivity index (χ0v) is 20.6. The fourth-order valence-corrected chi connectivity index (χ4v) is 4.14. The van der Waals surface area contributed by atoms with Crippen molar-refractivity contribution < 1.29 is 19.2 Å². The van der Waals surface area contributed by atoms with Gasteiger partial charge in [0, 0.05) is 29.9 Å². The molecule has 184 valence electrons. The molecule has 0 spiro atoms. The molecule has 3 aromatic rings. The fourth-order valence-electron chi connectivity index (χ4n) is 3.33. The average molecular weight is 499 g/mol. The van der Waals surface area contributed by atoms with E-state index >= 15 is 0 Å². The predicted octanol–water partition coefficient (Wildman–Crippen LogP) is 3.75. The number of benzene rings is 2. The first-order valence-corrected chi connectivity index (χ1v) is 11.8. The van der Waals surface area contributed by atoms with Crippen LogP contribution in [0.5, 0.6) is 5.75 Å². The van der Waals surface area contributed by atoms with Crippen LogP contribution in [-0.4, -0.2) is 44.4 Å². The molecule has 0 unspecified atom stereocenters. The Morgan fingerprint density at radius 2 is 1.91 bits per heavy atom. The van der Waals surface area contributed by atoms with Crippen molar-refractivity contribution in [2.45, 2.75) is 38.5 Å². The van der Waals surface area contributed by atoms with Crippen LogP contribution in [0.2, 0.25) is 0 Å². The van der Waals surface area contributed by atoms with Crippen molar-refractivity contribution in [2.75, 3.05) is 18.2 Å². The van der Waals surface area contributed by atoms with Crippen LogP contribution in [0.15, 0.2) is 47.6 Å². The standard InChI is InChI=1S/C23H26N6O5S/c1-5-28-21(15(3)24-22(31)16-6-9-18(34-4)10-7-16)26-27-23(28)35-13-20(30)25-19-11-8-17(29(32)33)12-14(19)2/h6-12,15H,5,13H2,1-4H3,(H,24,31)(H,25,30)/t15-/m1/s1. The maximum Gasteiger partial charge on any atom is 0.269 e. The van der Waals surface area contributed by atoms with E-state index in [2.05, 4.69) is 20.8 Å². The minimum Gasteiger partial charge on any atom is -0.497 e. The van der Waals surface area contributed by atoms with Gasteiger partial charge in [-0.15, -0.1) is 10.2 Å². The number of non-ortho nitro benzene ring substituents is 1. The van der Waals surface area contributed by atoms with Gasteiger partial charge in [-0.2, -0.15) is 0 Å². The zero-order chi connectivity index (χ0) is 25.5. The van der Waals surface area contributed by atoms with Crippen molar-refractivity contribution in [3.63, 3.8) is 0 Å². The van der Waals surface area contributed by atoms with Gasteiger partial charge in [0.05, 0.1) is 23.8 Å². The molecule has 2 amide bonds. The first-order chi connectivity index (χ1) is 16.7. The number of aryl methyl sites for hydroxylation is 1. The number of hydrogen-bond donors (Lipinski definition) is 2. The van der Waals surface area contributed by atoms with Crippen molar-refractivity contribution >= 4 is 35.0 Å². The molecule has 2 N–H and O–H groups in total. The van der Waals surface area contributed by atoms with Crippen molar-refractivity contribution in [1.29, 1.82) is 0 Å². The molecule has 2 aromatic carbocycles. The monoisotopic (exact) mass is 498 g/mol. The van der Waals surface area contributed by atoms with Crippen LogP contribution < -0.4 is 15.4 Å². The third kappa shape index (κ3) is 6.35. The van der Waals surface area contributed by atoms with E-state index in [0.29, 0.717) is 40.1 Å². The molecule has 0 saturated carbocycles. The zero-order valence-electron chi connectivity index (χ0n) is 19.8. The van der Waals surface area contributed by atoms with Crippen LogP contribution in [0.1, 0.15) is 41.6 Å². The van der Waals surface area contributed by atoms with Gasteiger partial charge in [0.2, 0.25) is 5.91 Å². The van der Waals surface area contributed by atoms with E-state index in [1.54, 1.807) is 38.3 Å². The van der Waals surface area contributed by atoms with Crippen molar-refractivity contribution in [3.05, 3.63) is 69.5 Å². The topological polar surface area (TPSA) is 141 Å². The van der Waals surface area contributed by atoms with Gasteiger partial charge in [-0.3, -0.25) is 19.7 Å². The number of hydrogen-bond acceptors (Lipinski definition) is 8. The second-order valence-corrected chi connectivity index (χ2v) is 8.54. The smallest absolute Gasteiger partial charge is 0.269 e. The number of amides is 2. The maximum absolute atomic E-state index is 12.6. The van der Waals surface area contributed by atoms with Crippen LogP contribution in [-0.2, 0) is 11.3 Å². The number of carbonyl (C=O) groups excluding carboxylic acids is 2. The lowest BCUT2D eigenvalue weighted by atomic mass is 10.2. The SMILES string of the molecule is CCn1c(SCC(=O)Nc2ccc([N+](=O)[O-])cc2C)nnc1[C@@H](C)NC(=O)c1ccc(OC)cc1. The summed E-state index contributed by atoms with van der Waals surface area (Å²) in [7, 11) is 1.56. The molecule has 12 heteroatoms. The number of thioether (sulfide) groups is 1. The van der Waals surface area contributed by atoms with Gasteiger partial charge in [0.1, 0.15) is 5.75 Å². The Hall–Kier alpha value is -3.93. The predicted molar refractivity (Wildman–Crippen MR) is 132 cm³/mol. The van der Waals surface area contributed by atoms with Crippen LogP contribution in [0, 0.1) is 17.0 Å². The summed E-state index contributed by atoms with van der Waals surface area (Å²) in [5.41, 5.74) is 1.56. The molecule has 1 aromatic heterocycles. The van der Waals surface area contributed by atoms with E-state index in [1.807, 2.05) is 18.4 Å². The number of ether oxygens (including phenoxy) is 1. The Kier molecular flexibility index (Phi) is 8.42. The molecule has 0 fully saturated rings. The number of nitrogens with one attached hydrogen (secondary N) is 2. The van der Waals surface area contributed by atoms with Crippen LogP contribution in [0.25, 0.3) is 0 Å². The fraction of sp³-hybridized carbons (Fsp3) is 0.304. The normalized spacial score (nSPS) is 11.5. The molecule has 0 aliphatic carbocycles. The Morgan fingerprint density at radius 3 is 2.51 bits per heavy atom. The lowest BCUT2D eigenvalue weighted by Gasteiger charge is -2.15. The Bertz CT molecular complexity index is 1230. The third-order valence-corrected chi connectivity index (χ3v) is 6.14. The van der Waals surface area contributed by atoms with Crippen molar-refractivity contribution in [3.8, 4) is 5.75 Å². The first-order valence-electron chi connectivity index (χ1n) is 10.8. The molecule has 0 aliphatic heterocycles. The highest BCUT2D eigenvalue weighted by atomic mass is 32.2. The molecule has 35 heavy (non-hydrogen) atoms. The van der Waals surface area contributed by atoms with E-state index in [-0.39, 0.29) is 23.3 Å². The number of methoxy groups -OCH3 is 1. The highest BCUT2D eigenvalue weighted by Gasteiger charge is 2.20. The summed E-state index contributed by atoms with van der Waals surface area (Å²) < 4.78 is 6.96. The summed E-state index contributed by atoms with van der Waals surface area (Å²) in [6.07, 6.45) is 0. The molecular formula is C23H26N6O5S. The number of nitro groups is 1. The van der Waals surface area contributed by atoms with Crippen LogP contribution in [0.3, 0.4) is 0 Å². The van der Waals surface area contributed by atoms with Gasteiger partial charge in [0.15, 0.2) is 11.0 Å². The minimum atomic E-state index is -0.482. The van der Waals surface area contributed by atoms with E-state index in [0.717, 1.165) is 0 Å². The highest BCUT2D eigenvalue weighted by Crippen LogP contribution is 2.24. The highest BCUT2D eigenvalue weighted by molar-refractivity contribution is 7.99. The average Bonchev–Trinajstić information content (AvgIpc) is 3.27. The molecule has 0 aliphatic rings. The summed E-state index contributed by atoms with van der Waals surface area (Å²) in [5, 5.41) is 25.5. The quantitative estimate of drug-likeness (QED) is 0.245. The lowest BCUT2D eigenvalue weighted by molar-refractivity contribution is -0.384. The number of rotatable bonds is 10. The third-order valence-electron chi connectivity index (χ3n) is 5.18. The first kappa shape index (κ1) is 25.7. The van der Waals surface area contributed by atoms with Gasteiger partial charge < -0.3 is 19.9 Å². The summed E-state index contributed by atoms with van der Waals surface area (Å²) in [5.74, 6) is 0.775. The van der Waals surface area contributed by atoms with Gasteiger partial charge in [-0.25, -0.2) is 0 Å². The van der Waals surface area contributed by atoms with E-state index in [1.165, 1.54) is 30.0 Å². The molecule has 1 heterocycles. The summed E-state index contributed by atoms with van der Waals surface area (Å²) >= 11 is 1.21. The van der Waals surface area contributed by atoms with E-state index in [9.17, 15) is 19.7 Å². The van der Waals surface area contributed by atoms with Gasteiger partial charge in [0.25, 0.3) is 11.6 Å². The van der Waals surface area contributed by atoms with Gasteiger partial charge in [-0.05, 0) is 56.7 Å². The summed E-state index contributed by atoms with van der Waals surface area (Å²) in [6, 6.07) is 10.6. The second kappa shape index (κ2) is 11.5. The second-order valence-electron chi connectivity index (χ2n) is 7.60. The van der Waals surface area contributed by atoms with Gasteiger partial charge >= 0.3 is 0 Å². The van der Waals surface area contributed by atoms with Crippen LogP contribution in [0.4, 0.5) is 11.4 Å². The van der Waals surface area contributed by atoms with E-state index < -0.39 is 11.0 Å². The van der Waals surface area contributed by atoms with Gasteiger partial charge in [-0.1, -0.05) is 11.8 Å². The Labute approximate surface area is 206 Å². The molecule has 0 saturated heterocycles. The molecule has 0 bridgehead atoms. The lowest BCUT2D eigenvalue weighted by Crippen LogP contribution is -2.28. The number of carbonyl (C=O) groups is 2. The number of anilines is 1. The Morgan fingerprint density at radius 1 is 1.20 bits per heavy atom. The number of aromatic nitrogens is 3. The number of nitrogens with zero attached hydrogens (tertiary/aromatic N) is 4. The molecule has 1 atom stereocenters. The summed E-state index contributed by atoms with van der Waals surface area (Å²) in [4.78, 5) is 35.5. The molecular weight excluding hydrogens is 472 g/mol. The maximum atomic E-state index is 12.6. The summed E-state index contributed by atoms with van der Waals surface area (Å²) in [6.45, 7) is 5.99. The Balaban J connectivity index is 1.62. The molecule has 0 radical (unpaired) electrons. The van der Waals surface area contributed by atoms with Crippen LogP contribution >= 0.6 is 11.8 Å². The molecule has 11 nitrogen and oxygen atoms in total.